The highest BCUT2D eigenvalue weighted by atomic mass is 16.5. The molecule has 0 aromatic heterocycles. The van der Waals surface area contributed by atoms with E-state index < -0.39 is 0 Å². The first kappa shape index (κ1) is 11.9. The Kier molecular flexibility index (Phi) is 3.50. The Morgan fingerprint density at radius 1 is 1.50 bits per heavy atom. The molecule has 2 aliphatic carbocycles. The smallest absolute Gasteiger partial charge is 0.227 e. The van der Waals surface area contributed by atoms with E-state index in [0.717, 1.165) is 38.7 Å². The van der Waals surface area contributed by atoms with Crippen LogP contribution in [0.2, 0.25) is 0 Å². The van der Waals surface area contributed by atoms with Crippen LogP contribution in [0, 0.1) is 5.41 Å². The third-order valence-electron chi connectivity index (χ3n) is 4.02. The SMILES string of the molecule is CCOC1CC(NC(=O)C2(CN)CCC2)C1. The second-order valence-electron chi connectivity index (χ2n) is 5.06. The van der Waals surface area contributed by atoms with Gasteiger partial charge in [0.25, 0.3) is 0 Å². The lowest BCUT2D eigenvalue weighted by Gasteiger charge is -2.43. The summed E-state index contributed by atoms with van der Waals surface area (Å²) in [7, 11) is 0. The number of nitrogens with one attached hydrogen (secondary N) is 1. The largest absolute Gasteiger partial charge is 0.378 e. The van der Waals surface area contributed by atoms with Crippen molar-refractivity contribution >= 4 is 5.91 Å². The zero-order valence-corrected chi connectivity index (χ0v) is 10.00. The van der Waals surface area contributed by atoms with Crippen LogP contribution in [0.25, 0.3) is 0 Å². The third-order valence-corrected chi connectivity index (χ3v) is 4.02. The fourth-order valence-corrected chi connectivity index (χ4v) is 2.52. The molecule has 2 saturated carbocycles. The van der Waals surface area contributed by atoms with E-state index in [1.165, 1.54) is 0 Å². The van der Waals surface area contributed by atoms with Crippen LogP contribution in [-0.4, -0.2) is 31.2 Å². The van der Waals surface area contributed by atoms with Gasteiger partial charge < -0.3 is 15.8 Å². The molecule has 4 heteroatoms. The van der Waals surface area contributed by atoms with Crippen LogP contribution < -0.4 is 11.1 Å². The Bertz CT molecular complexity index is 252. The highest BCUT2D eigenvalue weighted by Gasteiger charge is 2.44. The normalized spacial score (nSPS) is 31.4. The van der Waals surface area contributed by atoms with Gasteiger partial charge in [0.05, 0.1) is 11.5 Å². The fraction of sp³-hybridized carbons (Fsp3) is 0.917. The van der Waals surface area contributed by atoms with Crippen LogP contribution >= 0.6 is 0 Å². The molecule has 1 amide bonds. The maximum Gasteiger partial charge on any atom is 0.227 e. The average molecular weight is 226 g/mol. The Morgan fingerprint density at radius 2 is 2.19 bits per heavy atom. The molecule has 2 aliphatic rings. The van der Waals surface area contributed by atoms with Crippen molar-refractivity contribution < 1.29 is 9.53 Å². The first-order chi connectivity index (χ1) is 7.70. The molecule has 0 bridgehead atoms. The van der Waals surface area contributed by atoms with Crippen molar-refractivity contribution in [2.24, 2.45) is 11.1 Å². The van der Waals surface area contributed by atoms with Crippen LogP contribution in [0.4, 0.5) is 0 Å². The number of rotatable bonds is 5. The maximum atomic E-state index is 12.0. The topological polar surface area (TPSA) is 64.3 Å². The summed E-state index contributed by atoms with van der Waals surface area (Å²) in [6, 6.07) is 0.313. The highest BCUT2D eigenvalue weighted by Crippen LogP contribution is 2.40. The molecular weight excluding hydrogens is 204 g/mol. The van der Waals surface area contributed by atoms with Crippen molar-refractivity contribution in [1.29, 1.82) is 0 Å². The first-order valence-corrected chi connectivity index (χ1v) is 6.33. The van der Waals surface area contributed by atoms with Crippen LogP contribution in [-0.2, 0) is 9.53 Å². The summed E-state index contributed by atoms with van der Waals surface area (Å²) >= 11 is 0. The monoisotopic (exact) mass is 226 g/mol. The zero-order chi connectivity index (χ0) is 11.6. The van der Waals surface area contributed by atoms with Crippen molar-refractivity contribution in [2.75, 3.05) is 13.2 Å². The van der Waals surface area contributed by atoms with E-state index in [4.69, 9.17) is 10.5 Å². The quantitative estimate of drug-likeness (QED) is 0.728. The number of ether oxygens (including phenoxy) is 1. The fourth-order valence-electron chi connectivity index (χ4n) is 2.52. The number of hydrogen-bond acceptors (Lipinski definition) is 3. The summed E-state index contributed by atoms with van der Waals surface area (Å²) in [6.45, 7) is 3.25. The lowest BCUT2D eigenvalue weighted by molar-refractivity contribution is -0.137. The molecule has 0 aliphatic heterocycles. The summed E-state index contributed by atoms with van der Waals surface area (Å²) in [5.74, 6) is 0.168. The van der Waals surface area contributed by atoms with Gasteiger partial charge in [0.2, 0.25) is 5.91 Å². The van der Waals surface area contributed by atoms with Gasteiger partial charge in [-0.1, -0.05) is 6.42 Å². The molecule has 0 spiro atoms. The average Bonchev–Trinajstić information content (AvgIpc) is 2.14. The molecule has 92 valence electrons. The highest BCUT2D eigenvalue weighted by molar-refractivity contribution is 5.84. The van der Waals surface area contributed by atoms with Crippen molar-refractivity contribution in [2.45, 2.75) is 51.2 Å². The minimum atomic E-state index is -0.239. The minimum absolute atomic E-state index is 0.168. The summed E-state index contributed by atoms with van der Waals surface area (Å²) in [6.07, 6.45) is 5.32. The van der Waals surface area contributed by atoms with E-state index in [-0.39, 0.29) is 11.3 Å². The molecule has 16 heavy (non-hydrogen) atoms. The van der Waals surface area contributed by atoms with Crippen LogP contribution in [0.1, 0.15) is 39.0 Å². The number of nitrogens with two attached hydrogens (primary N) is 1. The second kappa shape index (κ2) is 4.72. The summed E-state index contributed by atoms with van der Waals surface area (Å²) < 4.78 is 5.47. The van der Waals surface area contributed by atoms with Gasteiger partial charge in [0, 0.05) is 19.2 Å². The van der Waals surface area contributed by atoms with Crippen molar-refractivity contribution in [3.63, 3.8) is 0 Å². The standard InChI is InChI=1S/C12H22N2O2/c1-2-16-10-6-9(7-10)14-11(15)12(8-13)4-3-5-12/h9-10H,2-8,13H2,1H3,(H,14,15). The Balaban J connectivity index is 1.73. The number of amides is 1. The predicted molar refractivity (Wildman–Crippen MR) is 61.9 cm³/mol. The van der Waals surface area contributed by atoms with Crippen LogP contribution in [0.15, 0.2) is 0 Å². The van der Waals surface area contributed by atoms with Gasteiger partial charge in [0.1, 0.15) is 0 Å². The van der Waals surface area contributed by atoms with E-state index in [1.807, 2.05) is 6.92 Å². The molecule has 0 unspecified atom stereocenters. The first-order valence-electron chi connectivity index (χ1n) is 6.33. The van der Waals surface area contributed by atoms with E-state index in [9.17, 15) is 4.79 Å². The summed E-state index contributed by atoms with van der Waals surface area (Å²) in [5, 5.41) is 3.10. The molecule has 3 N–H and O–H groups in total. The van der Waals surface area contributed by atoms with Gasteiger partial charge in [-0.05, 0) is 32.6 Å². The third kappa shape index (κ3) is 2.09. The molecule has 2 rings (SSSR count). The van der Waals surface area contributed by atoms with Gasteiger partial charge in [-0.3, -0.25) is 4.79 Å². The zero-order valence-electron chi connectivity index (χ0n) is 10.00. The minimum Gasteiger partial charge on any atom is -0.378 e. The summed E-state index contributed by atoms with van der Waals surface area (Å²) in [5.41, 5.74) is 5.45. The van der Waals surface area contributed by atoms with Gasteiger partial charge >= 0.3 is 0 Å². The molecular formula is C12H22N2O2. The predicted octanol–water partition coefficient (Wildman–Crippen LogP) is 0.799. The molecule has 0 heterocycles. The van der Waals surface area contributed by atoms with Gasteiger partial charge in [-0.15, -0.1) is 0 Å². The van der Waals surface area contributed by atoms with Crippen LogP contribution in [0.3, 0.4) is 0 Å². The number of hydrogen-bond donors (Lipinski definition) is 2. The lowest BCUT2D eigenvalue weighted by atomic mass is 9.68. The maximum absolute atomic E-state index is 12.0. The van der Waals surface area contributed by atoms with E-state index in [2.05, 4.69) is 5.32 Å². The second-order valence-corrected chi connectivity index (χ2v) is 5.06. The van der Waals surface area contributed by atoms with Gasteiger partial charge in [-0.25, -0.2) is 0 Å². The number of carbonyl (C=O) groups excluding carboxylic acids is 1. The van der Waals surface area contributed by atoms with Gasteiger partial charge in [-0.2, -0.15) is 0 Å². The lowest BCUT2D eigenvalue weighted by Crippen LogP contribution is -2.56. The molecule has 0 aromatic carbocycles. The molecule has 0 atom stereocenters. The Labute approximate surface area is 96.9 Å². The molecule has 2 fully saturated rings. The molecule has 0 radical (unpaired) electrons. The molecule has 4 nitrogen and oxygen atoms in total. The van der Waals surface area contributed by atoms with E-state index in [0.29, 0.717) is 18.7 Å². The number of carbonyl (C=O) groups is 1. The Morgan fingerprint density at radius 3 is 2.62 bits per heavy atom. The summed E-state index contributed by atoms with van der Waals surface area (Å²) in [4.78, 5) is 12.0. The van der Waals surface area contributed by atoms with Crippen molar-refractivity contribution in [3.05, 3.63) is 0 Å². The molecule has 0 aromatic rings. The van der Waals surface area contributed by atoms with Crippen LogP contribution in [0.5, 0.6) is 0 Å². The van der Waals surface area contributed by atoms with E-state index in [1.54, 1.807) is 0 Å². The van der Waals surface area contributed by atoms with Gasteiger partial charge in [0.15, 0.2) is 0 Å². The van der Waals surface area contributed by atoms with E-state index >= 15 is 0 Å². The van der Waals surface area contributed by atoms with Crippen molar-refractivity contribution in [1.82, 2.24) is 5.32 Å². The molecule has 0 saturated heterocycles. The van der Waals surface area contributed by atoms with Crippen molar-refractivity contribution in [3.8, 4) is 0 Å². The Hall–Kier alpha value is -0.610.